The smallest absolute Gasteiger partial charge is 0.462 e. The lowest BCUT2D eigenvalue weighted by molar-refractivity contribution is -0.161. The maximum absolute atomic E-state index is 13.0. The fourth-order valence-corrected chi connectivity index (χ4v) is 12.0. The first kappa shape index (κ1) is 86.1. The summed E-state index contributed by atoms with van der Waals surface area (Å²) in [5.41, 5.74) is 0. The van der Waals surface area contributed by atoms with Gasteiger partial charge in [-0.05, 0) is 37.5 Å². The number of ether oxygens (including phenoxy) is 4. The Morgan fingerprint density at radius 3 is 0.773 bits per heavy atom. The number of carbonyl (C=O) groups is 4. The average Bonchev–Trinajstić information content (AvgIpc) is 3.67. The van der Waals surface area contributed by atoms with Crippen LogP contribution in [0.4, 0.5) is 0 Å². The van der Waals surface area contributed by atoms with Gasteiger partial charge in [0.15, 0.2) is 12.2 Å². The molecule has 2 unspecified atom stereocenters. The molecule has 0 spiro atoms. The highest BCUT2D eigenvalue weighted by Gasteiger charge is 2.30. The van der Waals surface area contributed by atoms with E-state index >= 15 is 0 Å². The largest absolute Gasteiger partial charge is 0.472 e. The van der Waals surface area contributed by atoms with Gasteiger partial charge in [-0.25, -0.2) is 9.13 Å². The summed E-state index contributed by atoms with van der Waals surface area (Å²) in [5, 5.41) is 10.6. The molecule has 0 aliphatic carbocycles. The standard InChI is InChI=1S/C69H134O17P2/c1-7-9-11-13-15-26-35-41-47-53-68(73)85-64(57-79-66(71)51-45-39-33-16-14-12-10-8-2)59-83-87(75,76)81-55-63(70)56-82-88(77,78)84-60-65(58-80-67(72)52-46-40-34-30-25-28-32-38-44-50-62(5)6)86-69(74)54-48-42-36-29-24-22-20-18-17-19-21-23-27-31-37-43-49-61(3)4/h61-65,70H,7-60H2,1-6H3,(H,75,76)(H,77,78)/t63-,64+,65+/m0/s1. The number of hydrogen-bond acceptors (Lipinski definition) is 15. The second-order valence-corrected chi connectivity index (χ2v) is 28.8. The van der Waals surface area contributed by atoms with Gasteiger partial charge in [0.25, 0.3) is 0 Å². The molecule has 0 rings (SSSR count). The third-order valence-corrected chi connectivity index (χ3v) is 17.9. The topological polar surface area (TPSA) is 237 Å². The zero-order valence-electron chi connectivity index (χ0n) is 57.0. The summed E-state index contributed by atoms with van der Waals surface area (Å²) in [5.74, 6) is -0.577. The SMILES string of the molecule is CCCCCCCCCCCC(=O)O[C@H](COC(=O)CCCCCCCCCC)COP(=O)(O)OC[C@H](O)COP(=O)(O)OC[C@@H](COC(=O)CCCCCCCCCCCC(C)C)OC(=O)CCCCCCCCCCCCCCCCCCC(C)C. The first-order valence-electron chi connectivity index (χ1n) is 36.0. The minimum atomic E-state index is -4.95. The van der Waals surface area contributed by atoms with Crippen molar-refractivity contribution in [3.63, 3.8) is 0 Å². The van der Waals surface area contributed by atoms with Crippen LogP contribution >= 0.6 is 15.6 Å². The van der Waals surface area contributed by atoms with E-state index in [9.17, 15) is 43.2 Å². The summed E-state index contributed by atoms with van der Waals surface area (Å²) in [7, 11) is -9.89. The molecular weight excluding hydrogens is 1160 g/mol. The van der Waals surface area contributed by atoms with Gasteiger partial charge >= 0.3 is 39.5 Å². The molecule has 19 heteroatoms. The van der Waals surface area contributed by atoms with E-state index < -0.39 is 97.5 Å². The van der Waals surface area contributed by atoms with Gasteiger partial charge in [0.2, 0.25) is 0 Å². The Morgan fingerprint density at radius 2 is 0.523 bits per heavy atom. The Hall–Kier alpha value is -1.94. The molecule has 0 aromatic heterocycles. The van der Waals surface area contributed by atoms with Crippen molar-refractivity contribution in [3.8, 4) is 0 Å². The lowest BCUT2D eigenvalue weighted by Crippen LogP contribution is -2.30. The van der Waals surface area contributed by atoms with Gasteiger partial charge in [-0.2, -0.15) is 0 Å². The molecule has 0 bridgehead atoms. The molecule has 522 valence electrons. The molecular formula is C69H134O17P2. The fourth-order valence-electron chi connectivity index (χ4n) is 10.4. The molecule has 0 fully saturated rings. The lowest BCUT2D eigenvalue weighted by atomic mass is 10.0. The highest BCUT2D eigenvalue weighted by atomic mass is 31.2. The van der Waals surface area contributed by atoms with Crippen LogP contribution in [-0.4, -0.2) is 96.7 Å². The van der Waals surface area contributed by atoms with Crippen molar-refractivity contribution < 1.29 is 80.2 Å². The molecule has 0 aromatic carbocycles. The van der Waals surface area contributed by atoms with E-state index in [0.29, 0.717) is 25.7 Å². The third kappa shape index (κ3) is 62.8. The first-order valence-corrected chi connectivity index (χ1v) is 39.0. The summed E-state index contributed by atoms with van der Waals surface area (Å²) in [6.07, 6.45) is 45.9. The van der Waals surface area contributed by atoms with Gasteiger partial charge in [0, 0.05) is 25.7 Å². The van der Waals surface area contributed by atoms with Crippen LogP contribution in [0, 0.1) is 11.8 Å². The Labute approximate surface area is 537 Å². The van der Waals surface area contributed by atoms with Gasteiger partial charge in [0.1, 0.15) is 19.3 Å². The van der Waals surface area contributed by atoms with Crippen molar-refractivity contribution in [2.45, 2.75) is 368 Å². The summed E-state index contributed by atoms with van der Waals surface area (Å²) in [6.45, 7) is 9.51. The van der Waals surface area contributed by atoms with Crippen molar-refractivity contribution in [2.75, 3.05) is 39.6 Å². The molecule has 0 aromatic rings. The molecule has 5 atom stereocenters. The summed E-state index contributed by atoms with van der Waals surface area (Å²) in [4.78, 5) is 72.3. The Bertz CT molecular complexity index is 1720. The van der Waals surface area contributed by atoms with Crippen molar-refractivity contribution in [1.29, 1.82) is 0 Å². The molecule has 0 amide bonds. The van der Waals surface area contributed by atoms with E-state index in [-0.39, 0.29) is 25.7 Å². The molecule has 0 saturated carbocycles. The number of phosphoric acid groups is 2. The predicted molar refractivity (Wildman–Crippen MR) is 354 cm³/mol. The molecule has 0 radical (unpaired) electrons. The van der Waals surface area contributed by atoms with Crippen LogP contribution < -0.4 is 0 Å². The van der Waals surface area contributed by atoms with Crippen molar-refractivity contribution in [3.05, 3.63) is 0 Å². The average molecular weight is 1300 g/mol. The van der Waals surface area contributed by atoms with Crippen molar-refractivity contribution in [2.24, 2.45) is 11.8 Å². The zero-order chi connectivity index (χ0) is 65.0. The number of aliphatic hydroxyl groups excluding tert-OH is 1. The number of hydrogen-bond donors (Lipinski definition) is 3. The first-order chi connectivity index (χ1) is 42.4. The summed E-state index contributed by atoms with van der Waals surface area (Å²) < 4.78 is 68.1. The maximum Gasteiger partial charge on any atom is 0.472 e. The van der Waals surface area contributed by atoms with E-state index in [4.69, 9.17) is 37.0 Å². The number of esters is 4. The van der Waals surface area contributed by atoms with Crippen LogP contribution in [0.15, 0.2) is 0 Å². The van der Waals surface area contributed by atoms with Crippen LogP contribution in [0.5, 0.6) is 0 Å². The maximum atomic E-state index is 13.0. The second-order valence-electron chi connectivity index (χ2n) is 25.9. The Balaban J connectivity index is 5.17. The highest BCUT2D eigenvalue weighted by molar-refractivity contribution is 7.47. The van der Waals surface area contributed by atoms with Gasteiger partial charge in [0.05, 0.1) is 26.4 Å². The predicted octanol–water partition coefficient (Wildman–Crippen LogP) is 19.6. The molecule has 17 nitrogen and oxygen atoms in total. The van der Waals surface area contributed by atoms with E-state index in [0.717, 1.165) is 108 Å². The molecule has 3 N–H and O–H groups in total. The molecule has 88 heavy (non-hydrogen) atoms. The monoisotopic (exact) mass is 1300 g/mol. The van der Waals surface area contributed by atoms with Crippen LogP contribution in [0.2, 0.25) is 0 Å². The third-order valence-electron chi connectivity index (χ3n) is 16.0. The van der Waals surface area contributed by atoms with Crippen LogP contribution in [-0.2, 0) is 65.4 Å². The van der Waals surface area contributed by atoms with Crippen LogP contribution in [0.1, 0.15) is 350 Å². The minimum absolute atomic E-state index is 0.105. The Kier molecular flexibility index (Phi) is 59.9. The highest BCUT2D eigenvalue weighted by Crippen LogP contribution is 2.45. The van der Waals surface area contributed by atoms with Gasteiger partial charge < -0.3 is 33.8 Å². The van der Waals surface area contributed by atoms with Gasteiger partial charge in [-0.15, -0.1) is 0 Å². The van der Waals surface area contributed by atoms with Crippen LogP contribution in [0.3, 0.4) is 0 Å². The number of unbranched alkanes of at least 4 members (excludes halogenated alkanes) is 38. The Morgan fingerprint density at radius 1 is 0.307 bits per heavy atom. The summed E-state index contributed by atoms with van der Waals surface area (Å²) >= 11 is 0. The normalized spacial score (nSPS) is 14.2. The lowest BCUT2D eigenvalue weighted by Gasteiger charge is -2.21. The van der Waals surface area contributed by atoms with Gasteiger partial charge in [-0.1, -0.05) is 298 Å². The zero-order valence-corrected chi connectivity index (χ0v) is 58.8. The van der Waals surface area contributed by atoms with Gasteiger partial charge in [-0.3, -0.25) is 37.3 Å². The molecule has 0 heterocycles. The molecule has 0 aliphatic heterocycles. The molecule has 0 aliphatic rings. The number of phosphoric ester groups is 2. The van der Waals surface area contributed by atoms with E-state index in [1.165, 1.54) is 161 Å². The van der Waals surface area contributed by atoms with Crippen molar-refractivity contribution in [1.82, 2.24) is 0 Å². The molecule has 0 saturated heterocycles. The number of rotatable bonds is 68. The van der Waals surface area contributed by atoms with E-state index in [2.05, 4.69) is 41.5 Å². The minimum Gasteiger partial charge on any atom is -0.462 e. The van der Waals surface area contributed by atoms with E-state index in [1.807, 2.05) is 0 Å². The van der Waals surface area contributed by atoms with Crippen LogP contribution in [0.25, 0.3) is 0 Å². The summed E-state index contributed by atoms with van der Waals surface area (Å²) in [6, 6.07) is 0. The number of aliphatic hydroxyl groups is 1. The number of carbonyl (C=O) groups excluding carboxylic acids is 4. The fraction of sp³-hybridized carbons (Fsp3) is 0.942. The second kappa shape index (κ2) is 61.3. The van der Waals surface area contributed by atoms with Crippen molar-refractivity contribution >= 4 is 39.5 Å². The quantitative estimate of drug-likeness (QED) is 0.0222. The van der Waals surface area contributed by atoms with E-state index in [1.54, 1.807) is 0 Å².